The molecule has 2 aliphatic heterocycles. The Bertz CT molecular complexity index is 1560. The number of pyridine rings is 1. The molecule has 4 aromatic rings. The summed E-state index contributed by atoms with van der Waals surface area (Å²) in [5, 5.41) is 8.92. The number of aromatic nitrogens is 4. The number of amides is 1. The fraction of sp³-hybridized carbons (Fsp3) is 0.567. The van der Waals surface area contributed by atoms with E-state index in [1.54, 1.807) is 11.2 Å². The number of nitrogens with one attached hydrogen (secondary N) is 2. The Labute approximate surface area is 228 Å². The minimum Gasteiger partial charge on any atom is -0.355 e. The maximum Gasteiger partial charge on any atom is 0.228 e. The molecular weight excluding hydrogens is 492 g/mol. The van der Waals surface area contributed by atoms with Crippen LogP contribution in [0, 0.1) is 26.2 Å². The van der Waals surface area contributed by atoms with Crippen LogP contribution in [0.5, 0.6) is 0 Å². The fourth-order valence-corrected chi connectivity index (χ4v) is 8.99. The Hall–Kier alpha value is -2.71. The largest absolute Gasteiger partial charge is 0.355 e. The van der Waals surface area contributed by atoms with Crippen LogP contribution in [0.4, 0.5) is 0 Å². The lowest BCUT2D eigenvalue weighted by Gasteiger charge is -2.51. The van der Waals surface area contributed by atoms with Crippen LogP contribution in [0.15, 0.2) is 12.5 Å². The van der Waals surface area contributed by atoms with Gasteiger partial charge < -0.3 is 10.3 Å². The number of hydrogen-bond donors (Lipinski definition) is 2. The minimum atomic E-state index is -0.0691. The van der Waals surface area contributed by atoms with Gasteiger partial charge in [-0.3, -0.25) is 9.69 Å². The molecule has 0 radical (unpaired) electrons. The number of carbonyl (C=O) groups is 1. The maximum atomic E-state index is 12.3. The quantitative estimate of drug-likeness (QED) is 0.348. The Kier molecular flexibility index (Phi) is 5.54. The van der Waals surface area contributed by atoms with Gasteiger partial charge in [-0.05, 0) is 87.0 Å². The number of aromatic amines is 1. The van der Waals surface area contributed by atoms with E-state index < -0.39 is 0 Å². The van der Waals surface area contributed by atoms with Crippen LogP contribution in [0.25, 0.3) is 27.1 Å². The van der Waals surface area contributed by atoms with Gasteiger partial charge in [0.05, 0.1) is 11.1 Å². The topological polar surface area (TPSA) is 78.3 Å². The number of carbonyl (C=O) groups excluding carboxylic acids is 1. The van der Waals surface area contributed by atoms with Crippen molar-refractivity contribution in [2.24, 2.45) is 5.41 Å². The fourth-order valence-electron chi connectivity index (χ4n) is 7.59. The van der Waals surface area contributed by atoms with Crippen molar-refractivity contribution in [3.8, 4) is 11.3 Å². The molecule has 3 fully saturated rings. The Morgan fingerprint density at radius 1 is 1.08 bits per heavy atom. The third-order valence-electron chi connectivity index (χ3n) is 9.90. The van der Waals surface area contributed by atoms with Gasteiger partial charge in [-0.1, -0.05) is 13.8 Å². The summed E-state index contributed by atoms with van der Waals surface area (Å²) in [6.07, 6.45) is 9.77. The van der Waals surface area contributed by atoms with Crippen molar-refractivity contribution in [3.63, 3.8) is 0 Å². The van der Waals surface area contributed by atoms with Gasteiger partial charge in [0.1, 0.15) is 11.2 Å². The minimum absolute atomic E-state index is 0.0691. The summed E-state index contributed by atoms with van der Waals surface area (Å²) in [6, 6.07) is 0.645. The molecule has 0 unspecified atom stereocenters. The molecule has 2 saturated heterocycles. The number of thiophene rings is 1. The summed E-state index contributed by atoms with van der Waals surface area (Å²) in [5.41, 5.74) is 8.67. The lowest BCUT2D eigenvalue weighted by atomic mass is 9.74. The first kappa shape index (κ1) is 24.3. The lowest BCUT2D eigenvalue weighted by Crippen LogP contribution is -2.62. The molecule has 1 amide bonds. The molecule has 8 heteroatoms. The third kappa shape index (κ3) is 3.45. The highest BCUT2D eigenvalue weighted by molar-refractivity contribution is 7.19. The average molecular weight is 531 g/mol. The van der Waals surface area contributed by atoms with Crippen LogP contribution in [0.3, 0.4) is 0 Å². The molecule has 0 aromatic carbocycles. The maximum absolute atomic E-state index is 12.3. The van der Waals surface area contributed by atoms with Crippen molar-refractivity contribution in [2.75, 3.05) is 19.6 Å². The van der Waals surface area contributed by atoms with Crippen LogP contribution < -0.4 is 5.32 Å². The van der Waals surface area contributed by atoms with E-state index in [4.69, 9.17) is 0 Å². The van der Waals surface area contributed by atoms with Crippen molar-refractivity contribution in [3.05, 3.63) is 39.7 Å². The first-order valence-electron chi connectivity index (χ1n) is 14.2. The molecule has 4 aromatic heterocycles. The summed E-state index contributed by atoms with van der Waals surface area (Å²) in [7, 11) is 0. The first-order chi connectivity index (χ1) is 18.3. The summed E-state index contributed by atoms with van der Waals surface area (Å²) >= 11 is 1.98. The van der Waals surface area contributed by atoms with E-state index in [1.807, 2.05) is 15.9 Å². The lowest BCUT2D eigenvalue weighted by molar-refractivity contribution is -0.139. The molecule has 200 valence electrons. The van der Waals surface area contributed by atoms with E-state index in [2.05, 4.69) is 66.1 Å². The second kappa shape index (κ2) is 8.65. The van der Waals surface area contributed by atoms with Crippen LogP contribution in [0.2, 0.25) is 0 Å². The van der Waals surface area contributed by atoms with Crippen molar-refractivity contribution < 1.29 is 4.79 Å². The van der Waals surface area contributed by atoms with E-state index in [9.17, 15) is 4.79 Å². The van der Waals surface area contributed by atoms with Gasteiger partial charge in [0.2, 0.25) is 5.91 Å². The third-order valence-corrected chi connectivity index (χ3v) is 11.3. The van der Waals surface area contributed by atoms with E-state index in [1.165, 1.54) is 69.4 Å². The Morgan fingerprint density at radius 3 is 2.53 bits per heavy atom. The van der Waals surface area contributed by atoms with E-state index in [0.717, 1.165) is 31.7 Å². The van der Waals surface area contributed by atoms with Crippen molar-refractivity contribution >= 4 is 33.1 Å². The van der Waals surface area contributed by atoms with Gasteiger partial charge in [0.15, 0.2) is 5.65 Å². The molecule has 1 saturated carbocycles. The molecule has 1 spiro atoms. The van der Waals surface area contributed by atoms with Crippen LogP contribution in [-0.4, -0.2) is 56.1 Å². The summed E-state index contributed by atoms with van der Waals surface area (Å²) in [4.78, 5) is 26.1. The molecule has 2 N–H and O–H groups in total. The van der Waals surface area contributed by atoms with Gasteiger partial charge in [0, 0.05) is 47.7 Å². The van der Waals surface area contributed by atoms with Gasteiger partial charge in [-0.15, -0.1) is 11.3 Å². The predicted octanol–water partition coefficient (Wildman–Crippen LogP) is 5.84. The van der Waals surface area contributed by atoms with Crippen molar-refractivity contribution in [2.45, 2.75) is 84.6 Å². The monoisotopic (exact) mass is 530 g/mol. The zero-order valence-electron chi connectivity index (χ0n) is 23.1. The molecule has 6 heterocycles. The Balaban J connectivity index is 1.16. The highest BCUT2D eigenvalue weighted by atomic mass is 32.1. The molecule has 3 aliphatic rings. The zero-order valence-corrected chi connectivity index (χ0v) is 24.0. The second-order valence-electron chi connectivity index (χ2n) is 12.4. The highest BCUT2D eigenvalue weighted by Crippen LogP contribution is 2.49. The number of fused-ring (bicyclic) bond motifs is 2. The Morgan fingerprint density at radius 2 is 1.84 bits per heavy atom. The number of hydrogen-bond acceptors (Lipinski definition) is 5. The summed E-state index contributed by atoms with van der Waals surface area (Å²) in [5.74, 6) is 1.34. The predicted molar refractivity (Wildman–Crippen MR) is 153 cm³/mol. The normalized spacial score (nSPS) is 23.7. The van der Waals surface area contributed by atoms with Gasteiger partial charge >= 0.3 is 0 Å². The molecule has 7 rings (SSSR count). The number of H-pyrrole nitrogens is 1. The SMILES string of the molecule is Cc1c(-c2[nH]c3sc(C4CCC(N5CC6(CCNC6=O)C5)CC4)c(C)c3c2C(C)C)cn2ncnc2c1C. The average Bonchev–Trinajstić information content (AvgIpc) is 3.64. The van der Waals surface area contributed by atoms with Crippen LogP contribution >= 0.6 is 11.3 Å². The molecule has 0 atom stereocenters. The number of aryl methyl sites for hydroxylation is 2. The van der Waals surface area contributed by atoms with Crippen LogP contribution in [0.1, 0.15) is 84.9 Å². The number of nitrogens with zero attached hydrogens (tertiary/aromatic N) is 4. The van der Waals surface area contributed by atoms with Crippen LogP contribution in [-0.2, 0) is 4.79 Å². The first-order valence-corrected chi connectivity index (χ1v) is 15.1. The number of rotatable bonds is 4. The van der Waals surface area contributed by atoms with E-state index in [0.29, 0.717) is 23.8 Å². The molecular formula is C30H38N6OS. The van der Waals surface area contributed by atoms with E-state index >= 15 is 0 Å². The second-order valence-corrected chi connectivity index (χ2v) is 13.4. The van der Waals surface area contributed by atoms with Gasteiger partial charge in [-0.2, -0.15) is 5.10 Å². The van der Waals surface area contributed by atoms with Crippen molar-refractivity contribution in [1.82, 2.24) is 29.8 Å². The summed E-state index contributed by atoms with van der Waals surface area (Å²) in [6.45, 7) is 14.1. The number of likely N-dealkylation sites (tertiary alicyclic amines) is 1. The van der Waals surface area contributed by atoms with E-state index in [-0.39, 0.29) is 5.41 Å². The summed E-state index contributed by atoms with van der Waals surface area (Å²) < 4.78 is 1.91. The standard InChI is InChI=1S/C30H38N6OS/c1-16(2)23-24-19(5)26(20-6-8-21(9-7-20)35-13-30(14-35)10-11-31-29(30)37)38-28(24)34-25(23)22-12-36-27(32-15-33-36)18(4)17(22)3/h12,15-16,20-21,34H,6-11,13-14H2,1-5H3,(H,31,37). The molecule has 1 aliphatic carbocycles. The van der Waals surface area contributed by atoms with Gasteiger partial charge in [0.25, 0.3) is 0 Å². The molecule has 38 heavy (non-hydrogen) atoms. The van der Waals surface area contributed by atoms with Gasteiger partial charge in [-0.25, -0.2) is 9.50 Å². The van der Waals surface area contributed by atoms with Crippen molar-refractivity contribution in [1.29, 1.82) is 0 Å². The highest BCUT2D eigenvalue weighted by Gasteiger charge is 2.53. The molecule has 7 nitrogen and oxygen atoms in total. The zero-order chi connectivity index (χ0) is 26.3. The molecule has 0 bridgehead atoms. The smallest absolute Gasteiger partial charge is 0.228 e.